The summed E-state index contributed by atoms with van der Waals surface area (Å²) < 4.78 is 0. The molecular formula is C23H28N6O3. The molecule has 4 rings (SSSR count). The fourth-order valence-electron chi connectivity index (χ4n) is 3.88. The van der Waals surface area contributed by atoms with Crippen LogP contribution in [0.25, 0.3) is 11.3 Å². The van der Waals surface area contributed by atoms with Crippen LogP contribution in [-0.2, 0) is 9.59 Å². The van der Waals surface area contributed by atoms with Gasteiger partial charge in [-0.1, -0.05) is 19.1 Å². The molecule has 0 saturated carbocycles. The second kappa shape index (κ2) is 9.76. The van der Waals surface area contributed by atoms with Crippen molar-refractivity contribution in [2.24, 2.45) is 5.92 Å². The molecule has 1 aromatic carbocycles. The van der Waals surface area contributed by atoms with E-state index in [-0.39, 0.29) is 31.2 Å². The van der Waals surface area contributed by atoms with Crippen LogP contribution in [-0.4, -0.2) is 59.1 Å². The minimum absolute atomic E-state index is 0.158. The average molecular weight is 437 g/mol. The molecule has 9 nitrogen and oxygen atoms in total. The number of hydrogen-bond acceptors (Lipinski definition) is 6. The molecule has 0 radical (unpaired) electrons. The van der Waals surface area contributed by atoms with Crippen molar-refractivity contribution in [2.75, 3.05) is 36.4 Å². The maximum Gasteiger partial charge on any atom is 0.324 e. The van der Waals surface area contributed by atoms with Crippen LogP contribution in [0.4, 0.5) is 16.3 Å². The third kappa shape index (κ3) is 5.40. The number of amides is 4. The average Bonchev–Trinajstić information content (AvgIpc) is 2.80. The van der Waals surface area contributed by atoms with Crippen LogP contribution >= 0.6 is 0 Å². The zero-order valence-corrected chi connectivity index (χ0v) is 18.2. The molecule has 2 aromatic rings. The maximum atomic E-state index is 12.2. The SMILES string of the molecule is CC1CCN(c2ccc(-c3ccc(NC(=O)CCN4CCC(=O)NC4=O)cc3)nn2)CC1. The van der Waals surface area contributed by atoms with Crippen molar-refractivity contribution in [3.8, 4) is 11.3 Å². The number of hydrogen-bond donors (Lipinski definition) is 2. The van der Waals surface area contributed by atoms with Gasteiger partial charge in [0, 0.05) is 50.3 Å². The van der Waals surface area contributed by atoms with Crippen molar-refractivity contribution in [3.05, 3.63) is 36.4 Å². The molecule has 0 atom stereocenters. The van der Waals surface area contributed by atoms with E-state index in [2.05, 4.69) is 32.7 Å². The number of imide groups is 1. The highest BCUT2D eigenvalue weighted by molar-refractivity contribution is 5.97. The van der Waals surface area contributed by atoms with Gasteiger partial charge in [0.15, 0.2) is 5.82 Å². The van der Waals surface area contributed by atoms with E-state index in [1.807, 2.05) is 36.4 Å². The van der Waals surface area contributed by atoms with Crippen LogP contribution in [0.1, 0.15) is 32.6 Å². The molecule has 2 fully saturated rings. The zero-order valence-electron chi connectivity index (χ0n) is 18.2. The summed E-state index contributed by atoms with van der Waals surface area (Å²) in [6.45, 7) is 4.92. The molecule has 0 unspecified atom stereocenters. The smallest absolute Gasteiger partial charge is 0.324 e. The van der Waals surface area contributed by atoms with Gasteiger partial charge in [-0.15, -0.1) is 10.2 Å². The number of rotatable bonds is 6. The van der Waals surface area contributed by atoms with Crippen molar-refractivity contribution >= 4 is 29.4 Å². The topological polar surface area (TPSA) is 108 Å². The summed E-state index contributed by atoms with van der Waals surface area (Å²) in [5.41, 5.74) is 2.37. The molecule has 0 aliphatic carbocycles. The number of benzene rings is 1. The van der Waals surface area contributed by atoms with Gasteiger partial charge in [-0.05, 0) is 43.0 Å². The van der Waals surface area contributed by atoms with Crippen LogP contribution in [0, 0.1) is 5.92 Å². The first-order valence-electron chi connectivity index (χ1n) is 11.1. The molecule has 9 heteroatoms. The van der Waals surface area contributed by atoms with Crippen LogP contribution in [0.5, 0.6) is 0 Å². The summed E-state index contributed by atoms with van der Waals surface area (Å²) in [6, 6.07) is 11.0. The quantitative estimate of drug-likeness (QED) is 0.721. The van der Waals surface area contributed by atoms with Gasteiger partial charge in [-0.25, -0.2) is 4.79 Å². The number of piperidine rings is 1. The van der Waals surface area contributed by atoms with Gasteiger partial charge in [0.25, 0.3) is 0 Å². The van der Waals surface area contributed by atoms with Crippen LogP contribution in [0.3, 0.4) is 0 Å². The van der Waals surface area contributed by atoms with Gasteiger partial charge in [0.2, 0.25) is 11.8 Å². The molecule has 32 heavy (non-hydrogen) atoms. The molecule has 2 aliphatic heterocycles. The zero-order chi connectivity index (χ0) is 22.5. The number of carbonyl (C=O) groups excluding carboxylic acids is 3. The van der Waals surface area contributed by atoms with Gasteiger partial charge in [-0.3, -0.25) is 14.9 Å². The lowest BCUT2D eigenvalue weighted by Crippen LogP contribution is -2.50. The summed E-state index contributed by atoms with van der Waals surface area (Å²) >= 11 is 0. The second-order valence-corrected chi connectivity index (χ2v) is 8.41. The van der Waals surface area contributed by atoms with E-state index in [0.29, 0.717) is 12.2 Å². The van der Waals surface area contributed by atoms with E-state index >= 15 is 0 Å². The fraction of sp³-hybridized carbons (Fsp3) is 0.435. The van der Waals surface area contributed by atoms with Gasteiger partial charge in [0.1, 0.15) is 0 Å². The summed E-state index contributed by atoms with van der Waals surface area (Å²) in [7, 11) is 0. The normalized spacial score (nSPS) is 17.3. The van der Waals surface area contributed by atoms with Crippen molar-refractivity contribution in [1.82, 2.24) is 20.4 Å². The van der Waals surface area contributed by atoms with E-state index in [1.165, 1.54) is 17.7 Å². The minimum Gasteiger partial charge on any atom is -0.355 e. The number of carbonyl (C=O) groups is 3. The Bertz CT molecular complexity index is 968. The lowest BCUT2D eigenvalue weighted by molar-refractivity contribution is -0.121. The Morgan fingerprint density at radius 3 is 2.47 bits per heavy atom. The van der Waals surface area contributed by atoms with E-state index in [4.69, 9.17) is 0 Å². The Morgan fingerprint density at radius 1 is 1.06 bits per heavy atom. The molecule has 4 amide bonds. The van der Waals surface area contributed by atoms with Gasteiger partial charge >= 0.3 is 6.03 Å². The largest absolute Gasteiger partial charge is 0.355 e. The lowest BCUT2D eigenvalue weighted by Gasteiger charge is -2.30. The molecule has 2 saturated heterocycles. The number of urea groups is 1. The summed E-state index contributed by atoms with van der Waals surface area (Å²) in [5.74, 6) is 1.21. The van der Waals surface area contributed by atoms with Gasteiger partial charge < -0.3 is 15.1 Å². The number of nitrogens with one attached hydrogen (secondary N) is 2. The Morgan fingerprint density at radius 2 is 1.81 bits per heavy atom. The van der Waals surface area contributed by atoms with Gasteiger partial charge in [0.05, 0.1) is 5.69 Å². The predicted molar refractivity (Wildman–Crippen MR) is 121 cm³/mol. The summed E-state index contributed by atoms with van der Waals surface area (Å²) in [4.78, 5) is 38.9. The summed E-state index contributed by atoms with van der Waals surface area (Å²) in [5, 5.41) is 13.9. The summed E-state index contributed by atoms with van der Waals surface area (Å²) in [6.07, 6.45) is 2.78. The first-order valence-corrected chi connectivity index (χ1v) is 11.1. The van der Waals surface area contributed by atoms with Gasteiger partial charge in [-0.2, -0.15) is 0 Å². The first-order chi connectivity index (χ1) is 15.5. The molecule has 168 valence electrons. The predicted octanol–water partition coefficient (Wildman–Crippen LogP) is 2.65. The van der Waals surface area contributed by atoms with E-state index in [0.717, 1.165) is 36.1 Å². The highest BCUT2D eigenvalue weighted by Gasteiger charge is 2.23. The molecule has 2 aliphatic rings. The van der Waals surface area contributed by atoms with Crippen LogP contribution < -0.4 is 15.5 Å². The molecule has 1 aromatic heterocycles. The van der Waals surface area contributed by atoms with E-state index < -0.39 is 6.03 Å². The Balaban J connectivity index is 1.28. The molecule has 3 heterocycles. The monoisotopic (exact) mass is 436 g/mol. The number of aromatic nitrogens is 2. The van der Waals surface area contributed by atoms with E-state index in [9.17, 15) is 14.4 Å². The number of nitrogens with zero attached hydrogens (tertiary/aromatic N) is 4. The van der Waals surface area contributed by atoms with Crippen LogP contribution in [0.2, 0.25) is 0 Å². The number of anilines is 2. The van der Waals surface area contributed by atoms with Crippen molar-refractivity contribution in [2.45, 2.75) is 32.6 Å². The Kier molecular flexibility index (Phi) is 6.63. The minimum atomic E-state index is -0.444. The third-order valence-corrected chi connectivity index (χ3v) is 5.97. The van der Waals surface area contributed by atoms with Crippen LogP contribution in [0.15, 0.2) is 36.4 Å². The van der Waals surface area contributed by atoms with Crippen molar-refractivity contribution < 1.29 is 14.4 Å². The Labute approximate surface area is 187 Å². The molecular weight excluding hydrogens is 408 g/mol. The fourth-order valence-corrected chi connectivity index (χ4v) is 3.88. The lowest BCUT2D eigenvalue weighted by atomic mass is 9.99. The standard InChI is InChI=1S/C23H28N6O3/c1-16-8-12-28(13-9-16)20-7-6-19(26-27-20)17-2-4-18(5-3-17)24-21(30)10-14-29-15-11-22(31)25-23(29)32/h2-7,16H,8-15H2,1H3,(H,24,30)(H,25,31,32). The van der Waals surface area contributed by atoms with Crippen molar-refractivity contribution in [3.63, 3.8) is 0 Å². The Hall–Kier alpha value is -3.49. The second-order valence-electron chi connectivity index (χ2n) is 8.41. The first kappa shape index (κ1) is 21.7. The highest BCUT2D eigenvalue weighted by Crippen LogP contribution is 2.24. The molecule has 2 N–H and O–H groups in total. The van der Waals surface area contributed by atoms with E-state index in [1.54, 1.807) is 0 Å². The van der Waals surface area contributed by atoms with Crippen molar-refractivity contribution in [1.29, 1.82) is 0 Å². The maximum absolute atomic E-state index is 12.2. The molecule has 0 bridgehead atoms. The highest BCUT2D eigenvalue weighted by atomic mass is 16.2. The molecule has 0 spiro atoms. The third-order valence-electron chi connectivity index (χ3n) is 5.97.